The van der Waals surface area contributed by atoms with Crippen LogP contribution >= 0.6 is 0 Å². The van der Waals surface area contributed by atoms with Crippen LogP contribution in [0.3, 0.4) is 0 Å². The van der Waals surface area contributed by atoms with Crippen LogP contribution < -0.4 is 0 Å². The van der Waals surface area contributed by atoms with E-state index in [-0.39, 0.29) is 12.7 Å². The number of carbonyl (C=O) groups is 1. The van der Waals surface area contributed by atoms with Gasteiger partial charge in [-0.05, 0) is 12.8 Å². The molecule has 8 nitrogen and oxygen atoms in total. The number of aldehydes is 1. The predicted molar refractivity (Wildman–Crippen MR) is 127 cm³/mol. The normalized spacial score (nSPS) is 11.5. The van der Waals surface area contributed by atoms with Gasteiger partial charge in [0.15, 0.2) is 0 Å². The first-order valence-electron chi connectivity index (χ1n) is 12.9. The highest BCUT2D eigenvalue weighted by atomic mass is 16.7. The molecule has 0 radical (unpaired) electrons. The molecule has 0 rings (SSSR count). The van der Waals surface area contributed by atoms with Crippen molar-refractivity contribution >= 4 is 6.29 Å². The maximum atomic E-state index is 10.9. The number of aliphatic hydroxyl groups is 1. The monoisotopic (exact) mass is 458 g/mol. The molecule has 0 aliphatic heterocycles. The first-order chi connectivity index (χ1) is 15.5. The summed E-state index contributed by atoms with van der Waals surface area (Å²) in [6.45, 7) is 0.329. The Hall–Kier alpha value is -1.57. The summed E-state index contributed by atoms with van der Waals surface area (Å²) in [5, 5.41) is 30.5. The van der Waals surface area contributed by atoms with Crippen molar-refractivity contribution in [3.05, 3.63) is 20.2 Å². The fourth-order valence-corrected chi connectivity index (χ4v) is 4.07. The summed E-state index contributed by atoms with van der Waals surface area (Å²) in [6, 6.07) is 0. The van der Waals surface area contributed by atoms with Crippen LogP contribution in [0.1, 0.15) is 135 Å². The summed E-state index contributed by atoms with van der Waals surface area (Å²) in [4.78, 5) is 30.4. The van der Waals surface area contributed by atoms with E-state index in [4.69, 9.17) is 5.11 Å². The Labute approximate surface area is 193 Å². The van der Waals surface area contributed by atoms with Crippen molar-refractivity contribution in [3.63, 3.8) is 0 Å². The molecule has 0 saturated heterocycles. The van der Waals surface area contributed by atoms with Gasteiger partial charge in [0.2, 0.25) is 0 Å². The van der Waals surface area contributed by atoms with E-state index in [9.17, 15) is 25.0 Å². The molecule has 1 N–H and O–H groups in total. The summed E-state index contributed by atoms with van der Waals surface area (Å²) in [7, 11) is 0. The molecule has 0 spiro atoms. The van der Waals surface area contributed by atoms with E-state index in [1.54, 1.807) is 0 Å². The molecule has 0 aliphatic rings. The van der Waals surface area contributed by atoms with Crippen LogP contribution in [0.4, 0.5) is 0 Å². The minimum Gasteiger partial charge on any atom is -0.396 e. The highest BCUT2D eigenvalue weighted by Gasteiger charge is 2.55. The van der Waals surface area contributed by atoms with Gasteiger partial charge in [-0.3, -0.25) is 25.0 Å². The molecule has 8 heteroatoms. The quantitative estimate of drug-likeness (QED) is 0.0539. The van der Waals surface area contributed by atoms with Crippen LogP contribution in [-0.2, 0) is 4.79 Å². The number of nitrogens with zero attached hydrogens (tertiary/aromatic N) is 2. The Bertz CT molecular complexity index is 473. The van der Waals surface area contributed by atoms with Gasteiger partial charge in [-0.1, -0.05) is 116 Å². The van der Waals surface area contributed by atoms with Gasteiger partial charge in [-0.15, -0.1) is 0 Å². The lowest BCUT2D eigenvalue weighted by Crippen LogP contribution is -2.47. The van der Waals surface area contributed by atoms with Crippen molar-refractivity contribution < 1.29 is 19.7 Å². The Kier molecular flexibility index (Phi) is 20.2. The standard InChI is InChI=1S/C24H46N2O6/c27-22-20-18-16-14-12-10-8-6-4-2-1-3-5-7-9-11-13-15-17-19-21-24(23-28,25(29)30)26(31)32/h23,27H,1-22H2. The van der Waals surface area contributed by atoms with Gasteiger partial charge in [0.05, 0.1) is 6.42 Å². The smallest absolute Gasteiger partial charge is 0.396 e. The number of carbonyl (C=O) groups excluding carboxylic acids is 1. The minimum absolute atomic E-state index is 0.142. The van der Waals surface area contributed by atoms with Crippen molar-refractivity contribution in [1.82, 2.24) is 0 Å². The number of hydrogen-bond donors (Lipinski definition) is 1. The van der Waals surface area contributed by atoms with Crippen LogP contribution in [0.2, 0.25) is 0 Å². The van der Waals surface area contributed by atoms with Crippen LogP contribution in [-0.4, -0.2) is 33.5 Å². The molecule has 0 unspecified atom stereocenters. The van der Waals surface area contributed by atoms with E-state index < -0.39 is 15.5 Å². The van der Waals surface area contributed by atoms with E-state index in [0.717, 1.165) is 32.1 Å². The molecule has 0 saturated carbocycles. The molecule has 0 aromatic rings. The Morgan fingerprint density at radius 1 is 0.531 bits per heavy atom. The molecule has 0 aromatic carbocycles. The summed E-state index contributed by atoms with van der Waals surface area (Å²) >= 11 is 0. The summed E-state index contributed by atoms with van der Waals surface area (Å²) in [5.41, 5.74) is -2.67. The molecule has 188 valence electrons. The molecule has 0 fully saturated rings. The first-order valence-corrected chi connectivity index (χ1v) is 12.9. The zero-order valence-corrected chi connectivity index (χ0v) is 20.0. The minimum atomic E-state index is -2.67. The first kappa shape index (κ1) is 30.4. The fraction of sp³-hybridized carbons (Fsp3) is 0.958. The number of hydrogen-bond acceptors (Lipinski definition) is 6. The SMILES string of the molecule is O=CC(CCCCCCCCCCCCCCCCCCCCCCO)([N+](=O)[O-])[N+](=O)[O-]. The lowest BCUT2D eigenvalue weighted by Gasteiger charge is -2.10. The van der Waals surface area contributed by atoms with E-state index in [1.807, 2.05) is 0 Å². The highest BCUT2D eigenvalue weighted by Crippen LogP contribution is 2.19. The zero-order chi connectivity index (χ0) is 23.9. The molecule has 0 amide bonds. The summed E-state index contributed by atoms with van der Waals surface area (Å²) in [5.74, 6) is 0. The van der Waals surface area contributed by atoms with E-state index >= 15 is 0 Å². The summed E-state index contributed by atoms with van der Waals surface area (Å²) in [6.07, 6.45) is 22.7. The molecule has 0 heterocycles. The molecule has 0 aliphatic carbocycles. The number of nitro groups is 2. The third-order valence-corrected chi connectivity index (χ3v) is 6.27. The van der Waals surface area contributed by atoms with Crippen LogP contribution in [0.5, 0.6) is 0 Å². The average molecular weight is 459 g/mol. The van der Waals surface area contributed by atoms with E-state index in [0.29, 0.717) is 19.4 Å². The van der Waals surface area contributed by atoms with Crippen LogP contribution in [0.25, 0.3) is 0 Å². The van der Waals surface area contributed by atoms with Crippen molar-refractivity contribution in [2.45, 2.75) is 141 Å². The van der Waals surface area contributed by atoms with Gasteiger partial charge in [0.1, 0.15) is 9.85 Å². The molecule has 0 bridgehead atoms. The Balaban J connectivity index is 3.34. The second-order valence-electron chi connectivity index (χ2n) is 9.06. The van der Waals surface area contributed by atoms with Gasteiger partial charge in [0.25, 0.3) is 6.29 Å². The van der Waals surface area contributed by atoms with Crippen molar-refractivity contribution in [3.8, 4) is 0 Å². The van der Waals surface area contributed by atoms with Gasteiger partial charge in [0, 0.05) is 6.61 Å². The third-order valence-electron chi connectivity index (χ3n) is 6.27. The second-order valence-corrected chi connectivity index (χ2v) is 9.06. The lowest BCUT2D eigenvalue weighted by molar-refractivity contribution is -0.774. The number of aliphatic hydroxyl groups excluding tert-OH is 1. The molecular weight excluding hydrogens is 412 g/mol. The zero-order valence-electron chi connectivity index (χ0n) is 20.0. The average Bonchev–Trinajstić information content (AvgIpc) is 2.77. The van der Waals surface area contributed by atoms with Crippen molar-refractivity contribution in [2.75, 3.05) is 6.61 Å². The van der Waals surface area contributed by atoms with Gasteiger partial charge >= 0.3 is 5.66 Å². The molecular formula is C24H46N2O6. The van der Waals surface area contributed by atoms with Crippen LogP contribution in [0.15, 0.2) is 0 Å². The maximum Gasteiger partial charge on any atom is 0.512 e. The number of rotatable bonds is 25. The van der Waals surface area contributed by atoms with Gasteiger partial charge < -0.3 is 5.11 Å². The largest absolute Gasteiger partial charge is 0.512 e. The fourth-order valence-electron chi connectivity index (χ4n) is 4.07. The molecule has 0 atom stereocenters. The number of unbranched alkanes of at least 4 members (excludes halogenated alkanes) is 19. The maximum absolute atomic E-state index is 10.9. The van der Waals surface area contributed by atoms with E-state index in [1.165, 1.54) is 83.5 Å². The lowest BCUT2D eigenvalue weighted by atomic mass is 10.0. The summed E-state index contributed by atoms with van der Waals surface area (Å²) < 4.78 is 0. The Morgan fingerprint density at radius 2 is 0.781 bits per heavy atom. The highest BCUT2D eigenvalue weighted by molar-refractivity contribution is 5.59. The van der Waals surface area contributed by atoms with Crippen LogP contribution in [0, 0.1) is 20.2 Å². The molecule has 32 heavy (non-hydrogen) atoms. The van der Waals surface area contributed by atoms with Gasteiger partial charge in [-0.2, -0.15) is 0 Å². The topological polar surface area (TPSA) is 124 Å². The van der Waals surface area contributed by atoms with Gasteiger partial charge in [-0.25, -0.2) is 0 Å². The third kappa shape index (κ3) is 15.3. The molecule has 0 aromatic heterocycles. The van der Waals surface area contributed by atoms with Crippen molar-refractivity contribution in [1.29, 1.82) is 0 Å². The van der Waals surface area contributed by atoms with E-state index in [2.05, 4.69) is 0 Å². The second kappa shape index (κ2) is 21.3. The Morgan fingerprint density at radius 3 is 1.00 bits per heavy atom. The predicted octanol–water partition coefficient (Wildman–Crippen LogP) is 6.62. The van der Waals surface area contributed by atoms with Crippen molar-refractivity contribution in [2.24, 2.45) is 0 Å².